The topological polar surface area (TPSA) is 70.3 Å². The zero-order valence-corrected chi connectivity index (χ0v) is 8.86. The van der Waals surface area contributed by atoms with Crippen molar-refractivity contribution in [1.82, 2.24) is 9.97 Å². The Morgan fingerprint density at radius 3 is 2.88 bits per heavy atom. The van der Waals surface area contributed by atoms with E-state index in [-0.39, 0.29) is 5.95 Å². The van der Waals surface area contributed by atoms with E-state index in [4.69, 9.17) is 15.2 Å². The lowest BCUT2D eigenvalue weighted by atomic mass is 10.1. The van der Waals surface area contributed by atoms with Crippen LogP contribution in [0.4, 0.5) is 5.95 Å². The zero-order valence-electron chi connectivity index (χ0n) is 8.86. The van der Waals surface area contributed by atoms with Crippen LogP contribution in [0.1, 0.15) is 5.69 Å². The van der Waals surface area contributed by atoms with Gasteiger partial charge >= 0.3 is 0 Å². The summed E-state index contributed by atoms with van der Waals surface area (Å²) in [7, 11) is 0. The predicted octanol–water partition coefficient (Wildman–Crippen LogP) is 1.29. The number of hydrogen-bond donors (Lipinski definition) is 1. The van der Waals surface area contributed by atoms with Gasteiger partial charge in [-0.3, -0.25) is 0 Å². The zero-order chi connectivity index (χ0) is 11.1. The highest BCUT2D eigenvalue weighted by atomic mass is 16.6. The number of aromatic nitrogens is 2. The van der Waals surface area contributed by atoms with Gasteiger partial charge in [-0.15, -0.1) is 0 Å². The van der Waals surface area contributed by atoms with Crippen molar-refractivity contribution in [2.75, 3.05) is 18.9 Å². The minimum atomic E-state index is 0.257. The molecule has 2 heterocycles. The van der Waals surface area contributed by atoms with E-state index in [9.17, 15) is 0 Å². The van der Waals surface area contributed by atoms with Gasteiger partial charge in [0, 0.05) is 5.39 Å². The summed E-state index contributed by atoms with van der Waals surface area (Å²) in [6.07, 6.45) is 0. The number of benzene rings is 1. The van der Waals surface area contributed by atoms with Crippen molar-refractivity contribution in [3.63, 3.8) is 0 Å². The highest BCUT2D eigenvalue weighted by Crippen LogP contribution is 2.37. The van der Waals surface area contributed by atoms with E-state index in [1.54, 1.807) is 0 Å². The molecule has 1 aliphatic rings. The van der Waals surface area contributed by atoms with Crippen molar-refractivity contribution < 1.29 is 9.47 Å². The standard InChI is InChI=1S/C11H11N3O2/c1-6-7-2-3-8-10(16-5-4-15-8)9(7)14-11(12)13-6/h2-3H,4-5H2,1H3,(H2,12,13,14). The fourth-order valence-electron chi connectivity index (χ4n) is 1.88. The summed E-state index contributed by atoms with van der Waals surface area (Å²) in [5.74, 6) is 1.64. The first kappa shape index (κ1) is 9.21. The van der Waals surface area contributed by atoms with E-state index < -0.39 is 0 Å². The maximum Gasteiger partial charge on any atom is 0.220 e. The number of anilines is 1. The van der Waals surface area contributed by atoms with Crippen LogP contribution in [0.2, 0.25) is 0 Å². The quantitative estimate of drug-likeness (QED) is 0.720. The fourth-order valence-corrected chi connectivity index (χ4v) is 1.88. The Labute approximate surface area is 92.2 Å². The lowest BCUT2D eigenvalue weighted by Gasteiger charge is -2.19. The second kappa shape index (κ2) is 3.23. The molecular weight excluding hydrogens is 206 g/mol. The maximum atomic E-state index is 5.64. The molecule has 0 radical (unpaired) electrons. The average Bonchev–Trinajstić information content (AvgIpc) is 2.28. The van der Waals surface area contributed by atoms with E-state index in [1.807, 2.05) is 19.1 Å². The molecule has 0 saturated carbocycles. The largest absolute Gasteiger partial charge is 0.486 e. The maximum absolute atomic E-state index is 5.64. The van der Waals surface area contributed by atoms with Gasteiger partial charge in [-0.1, -0.05) is 0 Å². The second-order valence-electron chi connectivity index (χ2n) is 3.65. The number of ether oxygens (including phenoxy) is 2. The second-order valence-corrected chi connectivity index (χ2v) is 3.65. The number of nitrogen functional groups attached to an aromatic ring is 1. The van der Waals surface area contributed by atoms with Crippen LogP contribution in [-0.2, 0) is 0 Å². The van der Waals surface area contributed by atoms with Crippen molar-refractivity contribution in [2.24, 2.45) is 0 Å². The van der Waals surface area contributed by atoms with E-state index in [0.717, 1.165) is 22.3 Å². The summed E-state index contributed by atoms with van der Waals surface area (Å²) in [5.41, 5.74) is 7.21. The third-order valence-electron chi connectivity index (χ3n) is 2.58. The van der Waals surface area contributed by atoms with Gasteiger partial charge in [-0.2, -0.15) is 0 Å². The van der Waals surface area contributed by atoms with Crippen molar-refractivity contribution in [3.8, 4) is 11.5 Å². The van der Waals surface area contributed by atoms with E-state index in [2.05, 4.69) is 9.97 Å². The smallest absolute Gasteiger partial charge is 0.220 e. The monoisotopic (exact) mass is 217 g/mol. The van der Waals surface area contributed by atoms with Crippen LogP contribution in [0, 0.1) is 6.92 Å². The summed E-state index contributed by atoms with van der Waals surface area (Å²) in [4.78, 5) is 8.33. The summed E-state index contributed by atoms with van der Waals surface area (Å²) >= 11 is 0. The molecule has 1 aromatic carbocycles. The van der Waals surface area contributed by atoms with Gasteiger partial charge in [-0.25, -0.2) is 9.97 Å². The third kappa shape index (κ3) is 1.25. The number of hydrogen-bond acceptors (Lipinski definition) is 5. The van der Waals surface area contributed by atoms with Crippen LogP contribution in [0.25, 0.3) is 10.9 Å². The molecule has 0 amide bonds. The van der Waals surface area contributed by atoms with Gasteiger partial charge in [0.15, 0.2) is 11.5 Å². The molecular formula is C11H11N3O2. The molecule has 0 aliphatic carbocycles. The lowest BCUT2D eigenvalue weighted by molar-refractivity contribution is 0.173. The highest BCUT2D eigenvalue weighted by Gasteiger charge is 2.17. The lowest BCUT2D eigenvalue weighted by Crippen LogP contribution is -2.16. The SMILES string of the molecule is Cc1nc(N)nc2c3c(ccc12)OCCO3. The van der Waals surface area contributed by atoms with Crippen LogP contribution in [0.15, 0.2) is 12.1 Å². The number of rotatable bonds is 0. The van der Waals surface area contributed by atoms with Gasteiger partial charge in [0.05, 0.1) is 5.69 Å². The highest BCUT2D eigenvalue weighted by molar-refractivity contribution is 5.89. The van der Waals surface area contributed by atoms with Crippen LogP contribution < -0.4 is 15.2 Å². The van der Waals surface area contributed by atoms with Crippen LogP contribution in [-0.4, -0.2) is 23.2 Å². The molecule has 82 valence electrons. The first-order valence-electron chi connectivity index (χ1n) is 5.08. The normalized spacial score (nSPS) is 14.1. The van der Waals surface area contributed by atoms with E-state index in [0.29, 0.717) is 19.0 Å². The van der Waals surface area contributed by atoms with Gasteiger partial charge in [0.1, 0.15) is 18.7 Å². The molecule has 0 saturated heterocycles. The average molecular weight is 217 g/mol. The van der Waals surface area contributed by atoms with Crippen molar-refractivity contribution in [2.45, 2.75) is 6.92 Å². The fraction of sp³-hybridized carbons (Fsp3) is 0.273. The molecule has 3 rings (SSSR count). The van der Waals surface area contributed by atoms with E-state index >= 15 is 0 Å². The Hall–Kier alpha value is -2.04. The Balaban J connectivity index is 2.38. The molecule has 1 aromatic heterocycles. The minimum Gasteiger partial charge on any atom is -0.486 e. The molecule has 2 aromatic rings. The summed E-state index contributed by atoms with van der Waals surface area (Å²) in [6, 6.07) is 3.81. The number of nitrogens with two attached hydrogens (primary N) is 1. The Bertz CT molecular complexity index is 569. The molecule has 16 heavy (non-hydrogen) atoms. The van der Waals surface area contributed by atoms with E-state index in [1.165, 1.54) is 0 Å². The molecule has 1 aliphatic heterocycles. The van der Waals surface area contributed by atoms with Gasteiger partial charge < -0.3 is 15.2 Å². The summed E-state index contributed by atoms with van der Waals surface area (Å²) in [5, 5.41) is 0.943. The predicted molar refractivity (Wildman–Crippen MR) is 59.7 cm³/mol. The molecule has 0 atom stereocenters. The molecule has 0 spiro atoms. The molecule has 2 N–H and O–H groups in total. The molecule has 5 heteroatoms. The summed E-state index contributed by atoms with van der Waals surface area (Å²) < 4.78 is 11.1. The van der Waals surface area contributed by atoms with Gasteiger partial charge in [-0.05, 0) is 19.1 Å². The molecule has 0 fully saturated rings. The minimum absolute atomic E-state index is 0.257. The van der Waals surface area contributed by atoms with Crippen molar-refractivity contribution >= 4 is 16.9 Å². The van der Waals surface area contributed by atoms with Gasteiger partial charge in [0.25, 0.3) is 0 Å². The first-order chi connectivity index (χ1) is 7.75. The third-order valence-corrected chi connectivity index (χ3v) is 2.58. The molecule has 0 unspecified atom stereocenters. The van der Waals surface area contributed by atoms with Crippen molar-refractivity contribution in [3.05, 3.63) is 17.8 Å². The molecule has 0 bridgehead atoms. The molecule has 5 nitrogen and oxygen atoms in total. The Morgan fingerprint density at radius 2 is 2.00 bits per heavy atom. The van der Waals surface area contributed by atoms with Crippen LogP contribution in [0.3, 0.4) is 0 Å². The Morgan fingerprint density at radius 1 is 1.19 bits per heavy atom. The van der Waals surface area contributed by atoms with Crippen LogP contribution in [0.5, 0.6) is 11.5 Å². The Kier molecular flexibility index (Phi) is 1.86. The number of aryl methyl sites for hydroxylation is 1. The van der Waals surface area contributed by atoms with Gasteiger partial charge in [0.2, 0.25) is 5.95 Å². The first-order valence-corrected chi connectivity index (χ1v) is 5.08. The van der Waals surface area contributed by atoms with Crippen LogP contribution >= 0.6 is 0 Å². The van der Waals surface area contributed by atoms with Crippen molar-refractivity contribution in [1.29, 1.82) is 0 Å². The number of fused-ring (bicyclic) bond motifs is 3. The summed E-state index contributed by atoms with van der Waals surface area (Å²) in [6.45, 7) is 3.00. The number of nitrogens with zero attached hydrogens (tertiary/aromatic N) is 2.